The fourth-order valence-corrected chi connectivity index (χ4v) is 1.28. The standard InChI is InChI=1S/C11H15N/c1-3-10-6-4-5-7-11(10)9(2)8-12/h4-7H,2-3,8,12H2,1H3. The lowest BCUT2D eigenvalue weighted by Crippen LogP contribution is -2.03. The summed E-state index contributed by atoms with van der Waals surface area (Å²) in [6, 6.07) is 8.27. The van der Waals surface area contributed by atoms with Crippen molar-refractivity contribution >= 4 is 5.57 Å². The fourth-order valence-electron chi connectivity index (χ4n) is 1.28. The van der Waals surface area contributed by atoms with Gasteiger partial charge in [-0.1, -0.05) is 37.8 Å². The molecule has 0 atom stereocenters. The molecule has 0 saturated heterocycles. The molecule has 0 aliphatic rings. The normalized spacial score (nSPS) is 9.83. The molecule has 0 aromatic heterocycles. The molecular formula is C11H15N. The summed E-state index contributed by atoms with van der Waals surface area (Å²) < 4.78 is 0. The average molecular weight is 161 g/mol. The minimum absolute atomic E-state index is 0.539. The summed E-state index contributed by atoms with van der Waals surface area (Å²) in [5, 5.41) is 0. The van der Waals surface area contributed by atoms with E-state index < -0.39 is 0 Å². The highest BCUT2D eigenvalue weighted by Crippen LogP contribution is 2.16. The summed E-state index contributed by atoms with van der Waals surface area (Å²) in [6.07, 6.45) is 1.04. The highest BCUT2D eigenvalue weighted by atomic mass is 14.5. The summed E-state index contributed by atoms with van der Waals surface area (Å²) in [4.78, 5) is 0. The average Bonchev–Trinajstić information content (AvgIpc) is 2.16. The van der Waals surface area contributed by atoms with Gasteiger partial charge >= 0.3 is 0 Å². The number of aryl methyl sites for hydroxylation is 1. The quantitative estimate of drug-likeness (QED) is 0.722. The molecule has 1 aromatic carbocycles. The molecule has 1 nitrogen and oxygen atoms in total. The number of benzene rings is 1. The minimum atomic E-state index is 0.539. The molecule has 0 heterocycles. The van der Waals surface area contributed by atoms with Gasteiger partial charge in [0.25, 0.3) is 0 Å². The number of rotatable bonds is 3. The second-order valence-corrected chi connectivity index (χ2v) is 2.82. The van der Waals surface area contributed by atoms with Crippen LogP contribution in [-0.2, 0) is 6.42 Å². The monoisotopic (exact) mass is 161 g/mol. The van der Waals surface area contributed by atoms with Crippen molar-refractivity contribution in [2.45, 2.75) is 13.3 Å². The fraction of sp³-hybridized carbons (Fsp3) is 0.273. The second-order valence-electron chi connectivity index (χ2n) is 2.82. The molecule has 0 radical (unpaired) electrons. The molecule has 0 fully saturated rings. The molecule has 0 aliphatic carbocycles. The minimum Gasteiger partial charge on any atom is -0.326 e. The van der Waals surface area contributed by atoms with E-state index >= 15 is 0 Å². The van der Waals surface area contributed by atoms with Gasteiger partial charge in [0.1, 0.15) is 0 Å². The first-order valence-corrected chi connectivity index (χ1v) is 4.25. The molecule has 0 aliphatic heterocycles. The van der Waals surface area contributed by atoms with Crippen molar-refractivity contribution in [3.05, 3.63) is 42.0 Å². The van der Waals surface area contributed by atoms with E-state index in [-0.39, 0.29) is 0 Å². The summed E-state index contributed by atoms with van der Waals surface area (Å²) in [7, 11) is 0. The summed E-state index contributed by atoms with van der Waals surface area (Å²) in [5.74, 6) is 0. The highest BCUT2D eigenvalue weighted by molar-refractivity contribution is 5.67. The molecule has 64 valence electrons. The first-order valence-electron chi connectivity index (χ1n) is 4.25. The van der Waals surface area contributed by atoms with E-state index in [1.165, 1.54) is 11.1 Å². The zero-order valence-electron chi connectivity index (χ0n) is 7.51. The molecule has 1 heteroatoms. The van der Waals surface area contributed by atoms with Gasteiger partial charge in [-0.15, -0.1) is 0 Å². The lowest BCUT2D eigenvalue weighted by Gasteiger charge is -2.07. The molecule has 1 aromatic rings. The SMILES string of the molecule is C=C(CN)c1ccccc1CC. The molecule has 0 amide bonds. The van der Waals surface area contributed by atoms with Crippen LogP contribution in [0.25, 0.3) is 5.57 Å². The van der Waals surface area contributed by atoms with E-state index in [0.29, 0.717) is 6.54 Å². The van der Waals surface area contributed by atoms with Gasteiger partial charge in [0.15, 0.2) is 0 Å². The Balaban J connectivity index is 3.04. The van der Waals surface area contributed by atoms with E-state index in [0.717, 1.165) is 12.0 Å². The predicted molar refractivity (Wildman–Crippen MR) is 53.9 cm³/mol. The van der Waals surface area contributed by atoms with Crippen molar-refractivity contribution in [3.8, 4) is 0 Å². The predicted octanol–water partition coefficient (Wildman–Crippen LogP) is 2.22. The van der Waals surface area contributed by atoms with Crippen LogP contribution in [0.5, 0.6) is 0 Å². The van der Waals surface area contributed by atoms with E-state index in [1.807, 2.05) is 12.1 Å². The Morgan fingerprint density at radius 1 is 1.42 bits per heavy atom. The molecule has 12 heavy (non-hydrogen) atoms. The van der Waals surface area contributed by atoms with Crippen LogP contribution < -0.4 is 5.73 Å². The maximum atomic E-state index is 5.53. The summed E-state index contributed by atoms with van der Waals surface area (Å²) in [5.41, 5.74) is 9.09. The van der Waals surface area contributed by atoms with E-state index in [4.69, 9.17) is 5.73 Å². The van der Waals surface area contributed by atoms with Crippen molar-refractivity contribution in [2.24, 2.45) is 5.73 Å². The van der Waals surface area contributed by atoms with Gasteiger partial charge in [-0.2, -0.15) is 0 Å². The first kappa shape index (κ1) is 9.01. The van der Waals surface area contributed by atoms with Crippen LogP contribution in [0.15, 0.2) is 30.8 Å². The second kappa shape index (κ2) is 4.07. The number of hydrogen-bond acceptors (Lipinski definition) is 1. The van der Waals surface area contributed by atoms with Crippen molar-refractivity contribution in [3.63, 3.8) is 0 Å². The van der Waals surface area contributed by atoms with Crippen LogP contribution in [0.1, 0.15) is 18.1 Å². The van der Waals surface area contributed by atoms with E-state index in [9.17, 15) is 0 Å². The number of nitrogens with two attached hydrogens (primary N) is 1. The molecule has 0 spiro atoms. The molecule has 2 N–H and O–H groups in total. The third kappa shape index (κ3) is 1.74. The van der Waals surface area contributed by atoms with Crippen molar-refractivity contribution in [2.75, 3.05) is 6.54 Å². The lowest BCUT2D eigenvalue weighted by molar-refractivity contribution is 1.12. The Bertz CT molecular complexity index is 276. The summed E-state index contributed by atoms with van der Waals surface area (Å²) in [6.45, 7) is 6.61. The van der Waals surface area contributed by atoms with Crippen LogP contribution in [0, 0.1) is 0 Å². The van der Waals surface area contributed by atoms with Crippen LogP contribution in [0.2, 0.25) is 0 Å². The maximum Gasteiger partial charge on any atom is 0.0178 e. The molecule has 0 unspecified atom stereocenters. The lowest BCUT2D eigenvalue weighted by atomic mass is 9.99. The van der Waals surface area contributed by atoms with E-state index in [2.05, 4.69) is 25.6 Å². The third-order valence-electron chi connectivity index (χ3n) is 2.03. The third-order valence-corrected chi connectivity index (χ3v) is 2.03. The largest absolute Gasteiger partial charge is 0.326 e. The van der Waals surface area contributed by atoms with Crippen molar-refractivity contribution in [1.82, 2.24) is 0 Å². The molecular weight excluding hydrogens is 146 g/mol. The zero-order valence-corrected chi connectivity index (χ0v) is 7.51. The highest BCUT2D eigenvalue weighted by Gasteiger charge is 2.00. The van der Waals surface area contributed by atoms with Gasteiger partial charge in [-0.25, -0.2) is 0 Å². The van der Waals surface area contributed by atoms with Crippen LogP contribution in [0.4, 0.5) is 0 Å². The van der Waals surface area contributed by atoms with Gasteiger partial charge in [-0.3, -0.25) is 0 Å². The molecule has 0 bridgehead atoms. The van der Waals surface area contributed by atoms with Crippen LogP contribution in [-0.4, -0.2) is 6.54 Å². The zero-order chi connectivity index (χ0) is 8.97. The van der Waals surface area contributed by atoms with Crippen molar-refractivity contribution in [1.29, 1.82) is 0 Å². The molecule has 0 saturated carbocycles. The van der Waals surface area contributed by atoms with Gasteiger partial charge in [0.05, 0.1) is 0 Å². The smallest absolute Gasteiger partial charge is 0.0178 e. The Morgan fingerprint density at radius 2 is 2.08 bits per heavy atom. The Labute approximate surface area is 73.9 Å². The van der Waals surface area contributed by atoms with Crippen LogP contribution >= 0.6 is 0 Å². The Hall–Kier alpha value is -1.08. The van der Waals surface area contributed by atoms with Gasteiger partial charge in [0.2, 0.25) is 0 Å². The first-order chi connectivity index (χ1) is 5.79. The molecule has 1 rings (SSSR count). The number of hydrogen-bond donors (Lipinski definition) is 1. The van der Waals surface area contributed by atoms with Crippen molar-refractivity contribution < 1.29 is 0 Å². The van der Waals surface area contributed by atoms with Gasteiger partial charge in [0, 0.05) is 6.54 Å². The van der Waals surface area contributed by atoms with Gasteiger partial charge in [-0.05, 0) is 23.1 Å². The maximum absolute atomic E-state index is 5.53. The topological polar surface area (TPSA) is 26.0 Å². The van der Waals surface area contributed by atoms with E-state index in [1.54, 1.807) is 0 Å². The Morgan fingerprint density at radius 3 is 2.67 bits per heavy atom. The Kier molecular flexibility index (Phi) is 3.06. The van der Waals surface area contributed by atoms with Gasteiger partial charge < -0.3 is 5.73 Å². The summed E-state index contributed by atoms with van der Waals surface area (Å²) >= 11 is 0. The van der Waals surface area contributed by atoms with Crippen LogP contribution in [0.3, 0.4) is 0 Å².